The van der Waals surface area contributed by atoms with Gasteiger partial charge in [-0.2, -0.15) is 0 Å². The molecule has 2 rings (SSSR count). The average molecular weight is 225 g/mol. The largest absolute Gasteiger partial charge is 0.396 e. The molecule has 0 atom stereocenters. The van der Waals surface area contributed by atoms with Gasteiger partial charge in [0.25, 0.3) is 0 Å². The van der Waals surface area contributed by atoms with Crippen molar-refractivity contribution < 1.29 is 13.9 Å². The first-order valence-electron chi connectivity index (χ1n) is 4.68. The summed E-state index contributed by atoms with van der Waals surface area (Å²) in [6, 6.07) is 3.09. The van der Waals surface area contributed by atoms with Crippen molar-refractivity contribution >= 4 is 0 Å². The fourth-order valence-electron chi connectivity index (χ4n) is 1.31. The Kier molecular flexibility index (Phi) is 2.91. The Balaban J connectivity index is 2.38. The van der Waals surface area contributed by atoms with E-state index in [0.29, 0.717) is 12.1 Å². The molecule has 6 heteroatoms. The second-order valence-corrected chi connectivity index (χ2v) is 3.22. The van der Waals surface area contributed by atoms with Gasteiger partial charge in [0.1, 0.15) is 17.3 Å². The van der Waals surface area contributed by atoms with Gasteiger partial charge in [-0.1, -0.05) is 5.21 Å². The fourth-order valence-corrected chi connectivity index (χ4v) is 1.31. The lowest BCUT2D eigenvalue weighted by Crippen LogP contribution is -1.99. The summed E-state index contributed by atoms with van der Waals surface area (Å²) in [6.07, 6.45) is 1.78. The maximum atomic E-state index is 13.3. The third-order valence-corrected chi connectivity index (χ3v) is 2.06. The van der Waals surface area contributed by atoms with Crippen molar-refractivity contribution in [2.45, 2.75) is 6.42 Å². The Hall–Kier alpha value is -1.82. The summed E-state index contributed by atoms with van der Waals surface area (Å²) in [5.74, 6) is -1.13. The zero-order valence-corrected chi connectivity index (χ0v) is 8.27. The third-order valence-electron chi connectivity index (χ3n) is 2.06. The molecule has 0 fully saturated rings. The molecule has 16 heavy (non-hydrogen) atoms. The van der Waals surface area contributed by atoms with E-state index in [1.54, 1.807) is 0 Å². The van der Waals surface area contributed by atoms with E-state index in [1.807, 2.05) is 0 Å². The van der Waals surface area contributed by atoms with Crippen LogP contribution >= 0.6 is 0 Å². The third kappa shape index (κ3) is 2.06. The van der Waals surface area contributed by atoms with Gasteiger partial charge < -0.3 is 5.11 Å². The summed E-state index contributed by atoms with van der Waals surface area (Å²) in [6.45, 7) is -0.0652. The molecular formula is C10H9F2N3O. The maximum absolute atomic E-state index is 13.3. The summed E-state index contributed by atoms with van der Waals surface area (Å²) >= 11 is 0. The van der Waals surface area contributed by atoms with Crippen molar-refractivity contribution in [1.29, 1.82) is 0 Å². The molecule has 0 radical (unpaired) electrons. The molecule has 0 aliphatic rings. The quantitative estimate of drug-likeness (QED) is 0.850. The molecule has 1 aromatic carbocycles. The molecule has 0 amide bonds. The van der Waals surface area contributed by atoms with Crippen LogP contribution in [0.5, 0.6) is 0 Å². The molecule has 0 spiro atoms. The first kappa shape index (κ1) is 10.7. The number of nitrogens with zero attached hydrogens (tertiary/aromatic N) is 3. The molecule has 0 saturated heterocycles. The van der Waals surface area contributed by atoms with Gasteiger partial charge >= 0.3 is 0 Å². The number of hydrogen-bond acceptors (Lipinski definition) is 3. The van der Waals surface area contributed by atoms with Gasteiger partial charge in [-0.3, -0.25) is 0 Å². The van der Waals surface area contributed by atoms with Crippen LogP contribution in [-0.2, 0) is 6.42 Å². The fraction of sp³-hybridized carbons (Fsp3) is 0.200. The van der Waals surface area contributed by atoms with Gasteiger partial charge in [-0.25, -0.2) is 13.5 Å². The number of hydrogen-bond donors (Lipinski definition) is 1. The van der Waals surface area contributed by atoms with E-state index in [1.165, 1.54) is 6.20 Å². The minimum Gasteiger partial charge on any atom is -0.396 e. The van der Waals surface area contributed by atoms with E-state index in [2.05, 4.69) is 10.3 Å². The van der Waals surface area contributed by atoms with Gasteiger partial charge in [0.05, 0.1) is 11.9 Å². The van der Waals surface area contributed by atoms with Gasteiger partial charge in [0.15, 0.2) is 0 Å². The van der Waals surface area contributed by atoms with Gasteiger partial charge in [0, 0.05) is 19.1 Å². The lowest BCUT2D eigenvalue weighted by molar-refractivity contribution is 0.298. The van der Waals surface area contributed by atoms with Crippen molar-refractivity contribution in [3.8, 4) is 5.69 Å². The highest BCUT2D eigenvalue weighted by Crippen LogP contribution is 2.14. The predicted molar refractivity (Wildman–Crippen MR) is 52.1 cm³/mol. The van der Waals surface area contributed by atoms with Crippen LogP contribution in [0, 0.1) is 11.6 Å². The van der Waals surface area contributed by atoms with E-state index < -0.39 is 11.6 Å². The highest BCUT2D eigenvalue weighted by Gasteiger charge is 2.08. The van der Waals surface area contributed by atoms with E-state index >= 15 is 0 Å². The molecule has 1 heterocycles. The summed E-state index contributed by atoms with van der Waals surface area (Å²) in [5.41, 5.74) is 0.517. The number of rotatable bonds is 3. The lowest BCUT2D eigenvalue weighted by atomic mass is 10.3. The topological polar surface area (TPSA) is 50.9 Å². The van der Waals surface area contributed by atoms with Gasteiger partial charge in [0.2, 0.25) is 0 Å². The predicted octanol–water partition coefficient (Wildman–Crippen LogP) is 1.08. The van der Waals surface area contributed by atoms with E-state index in [9.17, 15) is 8.78 Å². The lowest BCUT2D eigenvalue weighted by Gasteiger charge is -2.01. The van der Waals surface area contributed by atoms with Crippen LogP contribution in [0.1, 0.15) is 5.69 Å². The molecule has 0 aliphatic carbocycles. The summed E-state index contributed by atoms with van der Waals surface area (Å²) < 4.78 is 27.4. The minimum absolute atomic E-state index is 0.00307. The SMILES string of the molecule is OCCc1cn(-c2cc(F)ccc2F)nn1. The molecule has 0 aliphatic heterocycles. The van der Waals surface area contributed by atoms with E-state index in [-0.39, 0.29) is 12.3 Å². The molecule has 84 valence electrons. The van der Waals surface area contributed by atoms with Gasteiger partial charge in [-0.05, 0) is 12.1 Å². The smallest absolute Gasteiger partial charge is 0.149 e. The van der Waals surface area contributed by atoms with Crippen LogP contribution < -0.4 is 0 Å². The van der Waals surface area contributed by atoms with Crippen LogP contribution in [-0.4, -0.2) is 26.7 Å². The van der Waals surface area contributed by atoms with Crippen molar-refractivity contribution in [1.82, 2.24) is 15.0 Å². The Morgan fingerprint density at radius 2 is 2.12 bits per heavy atom. The normalized spacial score (nSPS) is 10.7. The highest BCUT2D eigenvalue weighted by atomic mass is 19.1. The first-order chi connectivity index (χ1) is 7.70. The van der Waals surface area contributed by atoms with Crippen LogP contribution in [0.15, 0.2) is 24.4 Å². The number of aliphatic hydroxyl groups excluding tert-OH is 1. The van der Waals surface area contributed by atoms with Crippen LogP contribution in [0.3, 0.4) is 0 Å². The van der Waals surface area contributed by atoms with Crippen LogP contribution in [0.2, 0.25) is 0 Å². The second-order valence-electron chi connectivity index (χ2n) is 3.22. The molecule has 0 bridgehead atoms. The van der Waals surface area contributed by atoms with Crippen molar-refractivity contribution in [2.24, 2.45) is 0 Å². The second kappa shape index (κ2) is 4.36. The van der Waals surface area contributed by atoms with Crippen LogP contribution in [0.25, 0.3) is 5.69 Å². The molecule has 0 unspecified atom stereocenters. The summed E-state index contributed by atoms with van der Waals surface area (Å²) in [7, 11) is 0. The Labute approximate surface area is 90.1 Å². The zero-order valence-electron chi connectivity index (χ0n) is 8.27. The van der Waals surface area contributed by atoms with E-state index in [0.717, 1.165) is 22.9 Å². The van der Waals surface area contributed by atoms with E-state index in [4.69, 9.17) is 5.11 Å². The number of aromatic nitrogens is 3. The summed E-state index contributed by atoms with van der Waals surface area (Å²) in [4.78, 5) is 0. The number of aliphatic hydroxyl groups is 1. The number of halogens is 2. The van der Waals surface area contributed by atoms with Crippen molar-refractivity contribution in [2.75, 3.05) is 6.61 Å². The van der Waals surface area contributed by atoms with Crippen LogP contribution in [0.4, 0.5) is 8.78 Å². The Morgan fingerprint density at radius 3 is 2.88 bits per heavy atom. The highest BCUT2D eigenvalue weighted by molar-refractivity contribution is 5.32. The Morgan fingerprint density at radius 1 is 1.31 bits per heavy atom. The zero-order chi connectivity index (χ0) is 11.5. The Bertz CT molecular complexity index is 499. The minimum atomic E-state index is -0.582. The molecule has 0 saturated carbocycles. The average Bonchev–Trinajstić information content (AvgIpc) is 2.71. The molecule has 1 aromatic heterocycles. The first-order valence-corrected chi connectivity index (χ1v) is 4.68. The van der Waals surface area contributed by atoms with Crippen molar-refractivity contribution in [3.05, 3.63) is 41.7 Å². The molecule has 2 aromatic rings. The molecule has 1 N–H and O–H groups in total. The summed E-state index contributed by atoms with van der Waals surface area (Å²) in [5, 5.41) is 16.1. The standard InChI is InChI=1S/C10H9F2N3O/c11-7-1-2-9(12)10(5-7)15-6-8(3-4-16)13-14-15/h1-2,5-6,16H,3-4H2. The molecular weight excluding hydrogens is 216 g/mol. The number of benzene rings is 1. The monoisotopic (exact) mass is 225 g/mol. The van der Waals surface area contributed by atoms with Crippen molar-refractivity contribution in [3.63, 3.8) is 0 Å². The van der Waals surface area contributed by atoms with Gasteiger partial charge in [-0.15, -0.1) is 5.10 Å². The molecule has 4 nitrogen and oxygen atoms in total. The maximum Gasteiger partial charge on any atom is 0.149 e.